The van der Waals surface area contributed by atoms with Crippen LogP contribution in [0, 0.1) is 5.92 Å². The van der Waals surface area contributed by atoms with E-state index < -0.39 is 11.9 Å². The minimum Gasteiger partial charge on any atom is -0.469 e. The van der Waals surface area contributed by atoms with Crippen LogP contribution < -0.4 is 0 Å². The molecule has 3 heterocycles. The Morgan fingerprint density at radius 1 is 1.29 bits per heavy atom. The van der Waals surface area contributed by atoms with Crippen LogP contribution in [0.2, 0.25) is 0 Å². The SMILES string of the molecule is COC(=O)C1CCN(C(c2cncc(Br)c2)[C@@H]2CCCc3c(C(F)(F)F)n[nH]c32)CC1. The van der Waals surface area contributed by atoms with Gasteiger partial charge in [-0.2, -0.15) is 18.3 Å². The van der Waals surface area contributed by atoms with E-state index in [1.165, 1.54) is 7.11 Å². The second-order valence-electron chi connectivity index (χ2n) is 8.18. The van der Waals surface area contributed by atoms with Gasteiger partial charge in [-0.05, 0) is 72.8 Å². The van der Waals surface area contributed by atoms with Gasteiger partial charge in [-0.1, -0.05) is 0 Å². The number of alkyl halides is 3. The predicted molar refractivity (Wildman–Crippen MR) is 110 cm³/mol. The van der Waals surface area contributed by atoms with E-state index in [0.717, 1.165) is 16.5 Å². The van der Waals surface area contributed by atoms with Gasteiger partial charge in [0.15, 0.2) is 5.69 Å². The normalized spacial score (nSPS) is 21.5. The minimum atomic E-state index is -4.47. The van der Waals surface area contributed by atoms with Gasteiger partial charge in [0.2, 0.25) is 0 Å². The molecule has 10 heteroatoms. The lowest BCUT2D eigenvalue weighted by molar-refractivity contribution is -0.147. The first kappa shape index (κ1) is 22.3. The molecule has 2 aromatic rings. The van der Waals surface area contributed by atoms with Gasteiger partial charge in [-0.3, -0.25) is 19.8 Å². The van der Waals surface area contributed by atoms with Crippen molar-refractivity contribution in [3.8, 4) is 0 Å². The zero-order chi connectivity index (χ0) is 22.2. The average Bonchev–Trinajstić information content (AvgIpc) is 3.19. The van der Waals surface area contributed by atoms with Crippen molar-refractivity contribution in [3.05, 3.63) is 45.4 Å². The average molecular weight is 501 g/mol. The smallest absolute Gasteiger partial charge is 0.435 e. The van der Waals surface area contributed by atoms with Gasteiger partial charge in [0.05, 0.1) is 13.0 Å². The molecule has 2 aromatic heterocycles. The van der Waals surface area contributed by atoms with E-state index in [4.69, 9.17) is 4.74 Å². The number of nitrogens with one attached hydrogen (secondary N) is 1. The maximum absolute atomic E-state index is 13.5. The zero-order valence-corrected chi connectivity index (χ0v) is 18.7. The van der Waals surface area contributed by atoms with Crippen LogP contribution >= 0.6 is 15.9 Å². The molecule has 4 rings (SSSR count). The van der Waals surface area contributed by atoms with Gasteiger partial charge < -0.3 is 4.74 Å². The molecule has 168 valence electrons. The number of halogens is 4. The fraction of sp³-hybridized carbons (Fsp3) is 0.571. The van der Waals surface area contributed by atoms with Gasteiger partial charge in [0.25, 0.3) is 0 Å². The Morgan fingerprint density at radius 3 is 2.68 bits per heavy atom. The van der Waals surface area contributed by atoms with Gasteiger partial charge >= 0.3 is 12.1 Å². The van der Waals surface area contributed by atoms with Crippen LogP contribution in [0.5, 0.6) is 0 Å². The topological polar surface area (TPSA) is 71.1 Å². The third-order valence-corrected chi connectivity index (χ3v) is 6.82. The number of aromatic amines is 1. The van der Waals surface area contributed by atoms with Crippen molar-refractivity contribution < 1.29 is 22.7 Å². The maximum Gasteiger partial charge on any atom is 0.435 e. The predicted octanol–water partition coefficient (Wildman–Crippen LogP) is 4.63. The molecule has 0 saturated carbocycles. The Labute approximate surface area is 186 Å². The van der Waals surface area contributed by atoms with E-state index in [1.807, 2.05) is 6.07 Å². The summed E-state index contributed by atoms with van der Waals surface area (Å²) in [6, 6.07) is 1.81. The van der Waals surface area contributed by atoms with Crippen molar-refractivity contribution in [2.45, 2.75) is 50.2 Å². The van der Waals surface area contributed by atoms with Crippen LogP contribution in [0.25, 0.3) is 0 Å². The number of piperidine rings is 1. The molecule has 0 amide bonds. The molecular weight excluding hydrogens is 477 g/mol. The number of likely N-dealkylation sites (tertiary alicyclic amines) is 1. The lowest BCUT2D eigenvalue weighted by atomic mass is 9.78. The van der Waals surface area contributed by atoms with E-state index in [2.05, 4.69) is 36.0 Å². The van der Waals surface area contributed by atoms with Crippen LogP contribution in [0.1, 0.15) is 60.2 Å². The van der Waals surface area contributed by atoms with Crippen LogP contribution in [-0.2, 0) is 22.1 Å². The Bertz CT molecular complexity index is 941. The third kappa shape index (κ3) is 4.50. The molecule has 1 fully saturated rings. The molecule has 1 aliphatic carbocycles. The number of hydrogen-bond acceptors (Lipinski definition) is 5. The summed E-state index contributed by atoms with van der Waals surface area (Å²) < 4.78 is 46.1. The van der Waals surface area contributed by atoms with Gasteiger partial charge in [0.1, 0.15) is 0 Å². The summed E-state index contributed by atoms with van der Waals surface area (Å²) in [6.45, 7) is 1.31. The highest BCUT2D eigenvalue weighted by molar-refractivity contribution is 9.10. The standard InChI is InChI=1S/C21H24BrF3N4O2/c1-31-20(30)12-5-7-29(8-6-12)18(13-9-14(22)11-26-10-13)15-3-2-4-16-17(15)27-28-19(16)21(23,24)25/h9-12,15,18H,2-8H2,1H3,(H,27,28)/t15-,18?/m1/s1. The highest BCUT2D eigenvalue weighted by Gasteiger charge is 2.43. The monoisotopic (exact) mass is 500 g/mol. The first-order valence-corrected chi connectivity index (χ1v) is 11.2. The van der Waals surface area contributed by atoms with Crippen molar-refractivity contribution in [1.29, 1.82) is 0 Å². The van der Waals surface area contributed by atoms with Crippen molar-refractivity contribution in [2.24, 2.45) is 5.92 Å². The van der Waals surface area contributed by atoms with Crippen LogP contribution in [0.4, 0.5) is 13.2 Å². The molecule has 0 radical (unpaired) electrons. The summed E-state index contributed by atoms with van der Waals surface area (Å²) in [7, 11) is 1.39. The number of carbonyl (C=O) groups is 1. The number of carbonyl (C=O) groups excluding carboxylic acids is 1. The molecule has 6 nitrogen and oxygen atoms in total. The summed E-state index contributed by atoms with van der Waals surface area (Å²) in [6.07, 6.45) is 2.08. The number of rotatable bonds is 4. The molecule has 2 aliphatic rings. The van der Waals surface area contributed by atoms with E-state index in [0.29, 0.717) is 44.5 Å². The Kier molecular flexibility index (Phi) is 6.39. The van der Waals surface area contributed by atoms with Gasteiger partial charge in [-0.15, -0.1) is 0 Å². The largest absolute Gasteiger partial charge is 0.469 e. The highest BCUT2D eigenvalue weighted by Crippen LogP contribution is 2.46. The Morgan fingerprint density at radius 2 is 2.03 bits per heavy atom. The van der Waals surface area contributed by atoms with Crippen LogP contribution in [-0.4, -0.2) is 46.2 Å². The number of ether oxygens (including phenoxy) is 1. The Balaban J connectivity index is 1.69. The minimum absolute atomic E-state index is 0.145. The first-order chi connectivity index (χ1) is 14.8. The lowest BCUT2D eigenvalue weighted by Crippen LogP contribution is -2.41. The van der Waals surface area contributed by atoms with Crippen LogP contribution in [0.3, 0.4) is 0 Å². The maximum atomic E-state index is 13.5. The molecule has 31 heavy (non-hydrogen) atoms. The highest BCUT2D eigenvalue weighted by atomic mass is 79.9. The van der Waals surface area contributed by atoms with Gasteiger partial charge in [0, 0.05) is 40.1 Å². The van der Waals surface area contributed by atoms with Crippen molar-refractivity contribution in [2.75, 3.05) is 20.2 Å². The fourth-order valence-corrected chi connectivity index (χ4v) is 5.38. The van der Waals surface area contributed by atoms with Gasteiger partial charge in [-0.25, -0.2) is 0 Å². The summed E-state index contributed by atoms with van der Waals surface area (Å²) >= 11 is 3.47. The summed E-state index contributed by atoms with van der Waals surface area (Å²) in [5.41, 5.74) is 0.981. The molecule has 0 aromatic carbocycles. The molecule has 1 N–H and O–H groups in total. The molecule has 0 spiro atoms. The quantitative estimate of drug-likeness (QED) is 0.619. The number of nitrogens with zero attached hydrogens (tertiary/aromatic N) is 3. The van der Waals surface area contributed by atoms with E-state index in [1.54, 1.807) is 12.4 Å². The fourth-order valence-electron chi connectivity index (χ4n) is 5.00. The number of H-pyrrole nitrogens is 1. The molecule has 1 saturated heterocycles. The second-order valence-corrected chi connectivity index (χ2v) is 9.09. The molecule has 2 atom stereocenters. The molecular formula is C21H24BrF3N4O2. The second kappa shape index (κ2) is 8.90. The van der Waals surface area contributed by atoms with E-state index in [9.17, 15) is 18.0 Å². The first-order valence-electron chi connectivity index (χ1n) is 10.4. The van der Waals surface area contributed by atoms with Crippen molar-refractivity contribution in [3.63, 3.8) is 0 Å². The van der Waals surface area contributed by atoms with Crippen LogP contribution in [0.15, 0.2) is 22.9 Å². The van der Waals surface area contributed by atoms with Crippen molar-refractivity contribution in [1.82, 2.24) is 20.1 Å². The van der Waals surface area contributed by atoms with E-state index >= 15 is 0 Å². The summed E-state index contributed by atoms with van der Waals surface area (Å²) in [4.78, 5) is 18.5. The molecule has 1 aliphatic heterocycles. The zero-order valence-electron chi connectivity index (χ0n) is 17.1. The molecule has 1 unspecified atom stereocenters. The third-order valence-electron chi connectivity index (χ3n) is 6.39. The number of pyridine rings is 1. The number of methoxy groups -OCH3 is 1. The summed E-state index contributed by atoms with van der Waals surface area (Å²) in [5.74, 6) is -0.518. The number of esters is 1. The van der Waals surface area contributed by atoms with E-state index in [-0.39, 0.29) is 29.4 Å². The number of aromatic nitrogens is 3. The Hall–Kier alpha value is -1.94. The lowest BCUT2D eigenvalue weighted by Gasteiger charge is -2.42. The van der Waals surface area contributed by atoms with Crippen molar-refractivity contribution >= 4 is 21.9 Å². The number of fused-ring (bicyclic) bond motifs is 1. The number of hydrogen-bond donors (Lipinski definition) is 1. The summed E-state index contributed by atoms with van der Waals surface area (Å²) in [5, 5.41) is 6.37. The molecule has 0 bridgehead atoms.